The minimum Gasteiger partial charge on any atom is -0.495 e. The summed E-state index contributed by atoms with van der Waals surface area (Å²) in [5.74, 6) is -6.73. The molecule has 2 fully saturated rings. The van der Waals surface area contributed by atoms with Gasteiger partial charge in [-0.25, -0.2) is 14.0 Å². The van der Waals surface area contributed by atoms with Crippen LogP contribution in [-0.2, 0) is 54.1 Å². The molecule has 0 radical (unpaired) electrons. The number of fused-ring (bicyclic) bond motifs is 5. The molecule has 3 aliphatic rings. The predicted octanol–water partition coefficient (Wildman–Crippen LogP) is 4.75. The molecule has 24 heteroatoms. The SMILES string of the molecule is COc1cc2cc(c1Cl)N(C)C(=O)C[C@H](OC(=O)[C@H](C)N(C)C(=O)c1ccc(NC(=O)[C@H](CCCNC(N)=O)NC(=O)[C@@H](NC(=O)CCCCCN)C(C)C)cc1F)[C@]1(C)O[C@H]1[C@H](C)[C@@H]1C[C@@](O)(CC(=O)O1)[C@H](OC)/C=C/C=C(\C)C2. The fraction of sp³-hybridized carbons (Fsp3) is 0.579. The molecule has 4 bridgehead atoms. The van der Waals surface area contributed by atoms with E-state index in [2.05, 4.69) is 21.3 Å². The van der Waals surface area contributed by atoms with Gasteiger partial charge >= 0.3 is 18.0 Å². The second-order valence-corrected chi connectivity index (χ2v) is 22.1. The van der Waals surface area contributed by atoms with Crippen LogP contribution in [0, 0.1) is 17.7 Å². The number of amides is 7. The number of primary amides is 1. The number of epoxide rings is 1. The van der Waals surface area contributed by atoms with Crippen molar-refractivity contribution < 1.29 is 71.5 Å². The summed E-state index contributed by atoms with van der Waals surface area (Å²) in [4.78, 5) is 110. The predicted molar refractivity (Wildman–Crippen MR) is 299 cm³/mol. The molecule has 0 unspecified atom stereocenters. The molecule has 3 heterocycles. The molecule has 81 heavy (non-hydrogen) atoms. The number of nitrogens with one attached hydrogen (secondary N) is 4. The van der Waals surface area contributed by atoms with Gasteiger partial charge in [0.2, 0.25) is 23.6 Å². The fourth-order valence-corrected chi connectivity index (χ4v) is 10.4. The first-order chi connectivity index (χ1) is 38.2. The van der Waals surface area contributed by atoms with E-state index in [0.717, 1.165) is 41.0 Å². The van der Waals surface area contributed by atoms with Gasteiger partial charge in [0.1, 0.15) is 64.2 Å². The number of carbonyl (C=O) groups is 8. The van der Waals surface area contributed by atoms with Crippen molar-refractivity contribution in [1.29, 1.82) is 0 Å². The summed E-state index contributed by atoms with van der Waals surface area (Å²) < 4.78 is 45.7. The van der Waals surface area contributed by atoms with Crippen molar-refractivity contribution >= 4 is 70.5 Å². The van der Waals surface area contributed by atoms with Crippen molar-refractivity contribution in [3.05, 3.63) is 76.1 Å². The molecular weight excluding hydrogens is 1080 g/mol. The van der Waals surface area contributed by atoms with Crippen LogP contribution in [0.5, 0.6) is 5.75 Å². The quantitative estimate of drug-likeness (QED) is 0.0504. The molecule has 3 aliphatic heterocycles. The molecule has 5 rings (SSSR count). The average molecular weight is 1160 g/mol. The van der Waals surface area contributed by atoms with Crippen molar-refractivity contribution in [3.63, 3.8) is 0 Å². The summed E-state index contributed by atoms with van der Waals surface area (Å²) in [6.45, 7) is 10.6. The van der Waals surface area contributed by atoms with E-state index in [0.29, 0.717) is 30.8 Å². The summed E-state index contributed by atoms with van der Waals surface area (Å²) in [7, 11) is 5.63. The van der Waals surface area contributed by atoms with E-state index >= 15 is 4.39 Å². The lowest BCUT2D eigenvalue weighted by atomic mass is 9.78. The van der Waals surface area contributed by atoms with E-state index in [1.807, 2.05) is 13.0 Å². The van der Waals surface area contributed by atoms with Gasteiger partial charge in [0.05, 0.1) is 37.3 Å². The summed E-state index contributed by atoms with van der Waals surface area (Å²) in [5, 5.41) is 22.5. The van der Waals surface area contributed by atoms with Gasteiger partial charge in [0.15, 0.2) is 0 Å². The molecule has 0 spiro atoms. The summed E-state index contributed by atoms with van der Waals surface area (Å²) >= 11 is 6.83. The van der Waals surface area contributed by atoms with Crippen LogP contribution in [0.4, 0.5) is 20.6 Å². The topological polar surface area (TPSA) is 313 Å². The zero-order valence-electron chi connectivity index (χ0n) is 47.9. The van der Waals surface area contributed by atoms with E-state index in [4.69, 9.17) is 46.8 Å². The number of halogens is 2. The molecule has 10 atom stereocenters. The average Bonchev–Trinajstić information content (AvgIpc) is 4.33. The Hall–Kier alpha value is -6.66. The second-order valence-electron chi connectivity index (χ2n) is 21.7. The van der Waals surface area contributed by atoms with Crippen molar-refractivity contribution in [2.45, 2.75) is 159 Å². The van der Waals surface area contributed by atoms with Gasteiger partial charge in [-0.05, 0) is 101 Å². The number of anilines is 2. The summed E-state index contributed by atoms with van der Waals surface area (Å²) in [6, 6.07) is 2.29. The number of methoxy groups -OCH3 is 2. The Morgan fingerprint density at radius 3 is 2.38 bits per heavy atom. The third kappa shape index (κ3) is 17.0. The molecular formula is C57H80ClFN8O14. The number of hydrogen-bond donors (Lipinski definition) is 7. The lowest BCUT2D eigenvalue weighted by Crippen LogP contribution is -2.54. The number of urea groups is 1. The fourth-order valence-electron chi connectivity index (χ4n) is 10.1. The monoisotopic (exact) mass is 1150 g/mol. The highest BCUT2D eigenvalue weighted by atomic mass is 35.5. The van der Waals surface area contributed by atoms with Gasteiger partial charge in [-0.3, -0.25) is 28.8 Å². The van der Waals surface area contributed by atoms with Gasteiger partial charge in [0, 0.05) is 52.2 Å². The smallest absolute Gasteiger partial charge is 0.328 e. The van der Waals surface area contributed by atoms with Crippen LogP contribution in [0.2, 0.25) is 5.02 Å². The normalized spacial score (nSPS) is 25.1. The number of ether oxygens (including phenoxy) is 5. The molecule has 0 aromatic heterocycles. The number of esters is 2. The largest absolute Gasteiger partial charge is 0.495 e. The zero-order chi connectivity index (χ0) is 60.1. The highest BCUT2D eigenvalue weighted by Crippen LogP contribution is 2.50. The van der Waals surface area contributed by atoms with Crippen molar-refractivity contribution in [1.82, 2.24) is 20.9 Å². The molecule has 2 saturated heterocycles. The van der Waals surface area contributed by atoms with Gasteiger partial charge in [0.25, 0.3) is 5.91 Å². The van der Waals surface area contributed by atoms with E-state index in [1.165, 1.54) is 46.2 Å². The highest BCUT2D eigenvalue weighted by molar-refractivity contribution is 6.35. The van der Waals surface area contributed by atoms with Crippen molar-refractivity contribution in [3.8, 4) is 5.75 Å². The molecule has 2 aromatic rings. The maximum absolute atomic E-state index is 16.1. The lowest BCUT2D eigenvalue weighted by Gasteiger charge is -2.41. The first kappa shape index (κ1) is 65.2. The third-order valence-electron chi connectivity index (χ3n) is 15.2. The molecule has 7 amide bonds. The van der Waals surface area contributed by atoms with Crippen LogP contribution < -0.4 is 42.4 Å². The van der Waals surface area contributed by atoms with Gasteiger partial charge in [-0.2, -0.15) is 0 Å². The highest BCUT2D eigenvalue weighted by Gasteiger charge is 2.64. The van der Waals surface area contributed by atoms with E-state index < -0.39 is 119 Å². The molecule has 22 nitrogen and oxygen atoms in total. The van der Waals surface area contributed by atoms with Crippen LogP contribution >= 0.6 is 11.6 Å². The first-order valence-corrected chi connectivity index (χ1v) is 27.6. The first-order valence-electron chi connectivity index (χ1n) is 27.2. The van der Waals surface area contributed by atoms with E-state index in [-0.39, 0.29) is 61.2 Å². The summed E-state index contributed by atoms with van der Waals surface area (Å²) in [5.41, 5.74) is 9.02. The van der Waals surface area contributed by atoms with Crippen LogP contribution in [0.3, 0.4) is 0 Å². The Labute approximate surface area is 477 Å². The lowest BCUT2D eigenvalue weighted by molar-refractivity contribution is -0.187. The van der Waals surface area contributed by atoms with Crippen molar-refractivity contribution in [2.24, 2.45) is 23.3 Å². The van der Waals surface area contributed by atoms with Crippen LogP contribution in [0.15, 0.2) is 54.1 Å². The Bertz CT molecular complexity index is 2710. The molecule has 0 saturated carbocycles. The van der Waals surface area contributed by atoms with E-state index in [1.54, 1.807) is 52.0 Å². The van der Waals surface area contributed by atoms with Gasteiger partial charge < -0.3 is 71.3 Å². The standard InChI is InChI=1S/C57H80ClFN8O14/c1-31(2)49(65-45(68)19-12-11-13-22-60)52(72)64-39(17-15-23-62-55(61)75)51(71)63-36-20-21-37(38(59)27-36)53(73)66(7)34(5)54(74)80-44-28-46(69)67(8)40-25-35(26-41(77-9)48(40)58)24-32(3)16-14-18-43(78-10)57(76)29-42(79-47(70)30-57)33(4)50-56(44,6)81-50/h14,16,18,20-21,25-27,31,33-34,39,42-44,49-50,76H,11-13,15,17,19,22-24,28-30,60H2,1-10H3,(H,63,71)(H,64,72)(H,65,68)(H3,61,62,75)/b18-14+,32-16+/t33-,34+,39+,42+,43-,44+,49+,50+,56+,57-/m1/s1. The third-order valence-corrected chi connectivity index (χ3v) is 15.5. The van der Waals surface area contributed by atoms with Gasteiger partial charge in [-0.15, -0.1) is 0 Å². The van der Waals surface area contributed by atoms with Gasteiger partial charge in [-0.1, -0.05) is 62.6 Å². The number of aliphatic hydroxyl groups is 1. The van der Waals surface area contributed by atoms with Crippen LogP contribution in [0.1, 0.15) is 115 Å². The van der Waals surface area contributed by atoms with E-state index in [9.17, 15) is 43.5 Å². The Balaban J connectivity index is 1.37. The number of rotatable bonds is 21. The molecule has 2 aromatic carbocycles. The van der Waals surface area contributed by atoms with Crippen LogP contribution in [-0.4, -0.2) is 153 Å². The number of nitrogens with zero attached hydrogens (tertiary/aromatic N) is 2. The Morgan fingerprint density at radius 2 is 1.74 bits per heavy atom. The Morgan fingerprint density at radius 1 is 1.02 bits per heavy atom. The number of unbranched alkanes of at least 4 members (excludes halogenated alkanes) is 2. The number of benzene rings is 2. The number of hydrogen-bond acceptors (Lipinski definition) is 15. The Kier molecular flexibility index (Phi) is 23.2. The molecule has 0 aliphatic carbocycles. The van der Waals surface area contributed by atoms with Crippen LogP contribution in [0.25, 0.3) is 0 Å². The maximum Gasteiger partial charge on any atom is 0.328 e. The molecule has 9 N–H and O–H groups in total. The van der Waals surface area contributed by atoms with Crippen molar-refractivity contribution in [2.75, 3.05) is 51.6 Å². The minimum absolute atomic E-state index is 0.00698. The number of carbonyl (C=O) groups excluding carboxylic acids is 8. The number of likely N-dealkylation sites (N-methyl/N-ethyl adjacent to an activating group) is 1. The second kappa shape index (κ2) is 28.8. The number of nitrogens with two attached hydrogens (primary N) is 2. The summed E-state index contributed by atoms with van der Waals surface area (Å²) in [6.07, 6.45) is 3.20. The molecule has 446 valence electrons. The zero-order valence-corrected chi connectivity index (χ0v) is 48.6. The maximum atomic E-state index is 16.1. The minimum atomic E-state index is -1.68. The number of allylic oxidation sites excluding steroid dienone is 3.